The van der Waals surface area contributed by atoms with Gasteiger partial charge in [0.1, 0.15) is 10.1 Å². The van der Waals surface area contributed by atoms with Crippen LogP contribution in [0.3, 0.4) is 0 Å². The summed E-state index contributed by atoms with van der Waals surface area (Å²) in [6.07, 6.45) is 9.97. The number of para-hydroxylation sites is 1. The van der Waals surface area contributed by atoms with Crippen molar-refractivity contribution >= 4 is 33.7 Å². The lowest BCUT2D eigenvalue weighted by atomic mass is 10.1. The molecule has 2 heterocycles. The lowest BCUT2D eigenvalue weighted by Gasteiger charge is -2.13. The maximum absolute atomic E-state index is 12.6. The maximum Gasteiger partial charge on any atom is 0.272 e. The van der Waals surface area contributed by atoms with E-state index in [1.807, 2.05) is 42.5 Å². The molecule has 5 nitrogen and oxygen atoms in total. The first-order valence-corrected chi connectivity index (χ1v) is 10.6. The molecule has 0 aliphatic heterocycles. The minimum atomic E-state index is -0.145. The van der Waals surface area contributed by atoms with Crippen molar-refractivity contribution in [2.45, 2.75) is 32.6 Å². The second kappa shape index (κ2) is 10.3. The molecule has 0 radical (unpaired) electrons. The van der Waals surface area contributed by atoms with Crippen LogP contribution in [-0.2, 0) is 0 Å². The highest BCUT2D eigenvalue weighted by atomic mass is 79.9. The molecule has 0 amide bonds. The van der Waals surface area contributed by atoms with E-state index in [0.717, 1.165) is 18.4 Å². The number of aromatic nitrogens is 2. The molecule has 0 saturated carbocycles. The van der Waals surface area contributed by atoms with Crippen molar-refractivity contribution in [2.24, 2.45) is 0 Å². The molecule has 0 atom stereocenters. The van der Waals surface area contributed by atoms with Crippen molar-refractivity contribution in [1.82, 2.24) is 9.38 Å². The first-order chi connectivity index (χ1) is 14.2. The molecule has 29 heavy (non-hydrogen) atoms. The van der Waals surface area contributed by atoms with Gasteiger partial charge in [-0.25, -0.2) is 4.98 Å². The zero-order chi connectivity index (χ0) is 20.6. The van der Waals surface area contributed by atoms with E-state index < -0.39 is 0 Å². The Hall–Kier alpha value is -2.60. The molecule has 0 aliphatic rings. The van der Waals surface area contributed by atoms with Crippen LogP contribution in [0.5, 0.6) is 11.5 Å². The van der Waals surface area contributed by atoms with Crippen molar-refractivity contribution in [2.75, 3.05) is 13.7 Å². The van der Waals surface area contributed by atoms with Crippen molar-refractivity contribution in [3.63, 3.8) is 0 Å². The van der Waals surface area contributed by atoms with E-state index in [4.69, 9.17) is 9.47 Å². The second-order valence-electron chi connectivity index (χ2n) is 6.67. The van der Waals surface area contributed by atoms with E-state index >= 15 is 0 Å². The average molecular weight is 457 g/mol. The van der Waals surface area contributed by atoms with E-state index in [0.29, 0.717) is 33.9 Å². The molecule has 6 heteroatoms. The van der Waals surface area contributed by atoms with Gasteiger partial charge in [-0.3, -0.25) is 9.20 Å². The highest BCUT2D eigenvalue weighted by Gasteiger charge is 2.11. The topological polar surface area (TPSA) is 52.8 Å². The maximum atomic E-state index is 12.6. The summed E-state index contributed by atoms with van der Waals surface area (Å²) in [5.74, 6) is 1.39. The van der Waals surface area contributed by atoms with Gasteiger partial charge in [0.25, 0.3) is 5.56 Å². The largest absolute Gasteiger partial charge is 0.493 e. The third-order valence-electron chi connectivity index (χ3n) is 4.60. The van der Waals surface area contributed by atoms with Crippen molar-refractivity contribution in [1.29, 1.82) is 0 Å². The van der Waals surface area contributed by atoms with Crippen LogP contribution in [0, 0.1) is 0 Å². The SMILES string of the molecule is CCCCCCOc1c(/C=C/c2nc3ccccn3c(=O)c2Br)cccc1OC. The number of hydrogen-bond acceptors (Lipinski definition) is 4. The Labute approximate surface area is 179 Å². The van der Waals surface area contributed by atoms with Gasteiger partial charge in [0, 0.05) is 11.8 Å². The summed E-state index contributed by atoms with van der Waals surface area (Å²) in [7, 11) is 1.63. The second-order valence-corrected chi connectivity index (χ2v) is 7.46. The van der Waals surface area contributed by atoms with Gasteiger partial charge < -0.3 is 9.47 Å². The first-order valence-electron chi connectivity index (χ1n) is 9.80. The van der Waals surface area contributed by atoms with Gasteiger partial charge >= 0.3 is 0 Å². The van der Waals surface area contributed by atoms with Gasteiger partial charge in [-0.2, -0.15) is 0 Å². The number of nitrogens with zero attached hydrogens (tertiary/aromatic N) is 2. The molecule has 0 fully saturated rings. The lowest BCUT2D eigenvalue weighted by molar-refractivity contribution is 0.284. The van der Waals surface area contributed by atoms with Crippen LogP contribution in [0.1, 0.15) is 43.9 Å². The molecular weight excluding hydrogens is 432 g/mol. The number of methoxy groups -OCH3 is 1. The van der Waals surface area contributed by atoms with Crippen LogP contribution in [-0.4, -0.2) is 23.1 Å². The number of hydrogen-bond donors (Lipinski definition) is 0. The summed E-state index contributed by atoms with van der Waals surface area (Å²) in [6, 6.07) is 11.2. The number of unbranched alkanes of at least 4 members (excludes halogenated alkanes) is 3. The average Bonchev–Trinajstić information content (AvgIpc) is 2.75. The number of pyridine rings is 1. The zero-order valence-electron chi connectivity index (χ0n) is 16.7. The van der Waals surface area contributed by atoms with Crippen LogP contribution < -0.4 is 15.0 Å². The fourth-order valence-electron chi connectivity index (χ4n) is 3.05. The molecule has 2 aromatic heterocycles. The standard InChI is InChI=1S/C23H25BrN2O3/c1-3-4-5-8-16-29-22-17(10-9-11-19(22)28-2)13-14-18-21(24)23(27)26-15-7-6-12-20(26)25-18/h6-7,9-15H,3-5,8,16H2,1-2H3/b14-13+. The summed E-state index contributed by atoms with van der Waals surface area (Å²) < 4.78 is 13.5. The smallest absolute Gasteiger partial charge is 0.272 e. The predicted octanol–water partition coefficient (Wildman–Crippen LogP) is 5.60. The lowest BCUT2D eigenvalue weighted by Crippen LogP contribution is -2.16. The van der Waals surface area contributed by atoms with Crippen molar-refractivity contribution < 1.29 is 9.47 Å². The van der Waals surface area contributed by atoms with Crippen LogP contribution >= 0.6 is 15.9 Å². The quantitative estimate of drug-likeness (QED) is 0.393. The van der Waals surface area contributed by atoms with Gasteiger partial charge in [-0.1, -0.05) is 44.4 Å². The Morgan fingerprint density at radius 3 is 2.76 bits per heavy atom. The van der Waals surface area contributed by atoms with Gasteiger partial charge in [-0.15, -0.1) is 0 Å². The van der Waals surface area contributed by atoms with E-state index in [9.17, 15) is 4.79 Å². The van der Waals surface area contributed by atoms with Gasteiger partial charge in [0.05, 0.1) is 19.4 Å². The number of rotatable bonds is 9. The Bertz CT molecular complexity index is 1060. The van der Waals surface area contributed by atoms with E-state index in [1.165, 1.54) is 17.2 Å². The monoisotopic (exact) mass is 456 g/mol. The molecule has 0 unspecified atom stereocenters. The molecule has 1 aromatic carbocycles. The minimum Gasteiger partial charge on any atom is -0.493 e. The molecule has 0 saturated heterocycles. The number of benzene rings is 1. The third kappa shape index (κ3) is 5.07. The van der Waals surface area contributed by atoms with Crippen molar-refractivity contribution in [3.05, 3.63) is 68.7 Å². The van der Waals surface area contributed by atoms with Gasteiger partial charge in [-0.05, 0) is 52.7 Å². The van der Waals surface area contributed by atoms with Crippen LogP contribution in [0.2, 0.25) is 0 Å². The molecular formula is C23H25BrN2O3. The Balaban J connectivity index is 1.89. The fourth-order valence-corrected chi connectivity index (χ4v) is 3.46. The van der Waals surface area contributed by atoms with Crippen molar-refractivity contribution in [3.8, 4) is 11.5 Å². The molecule has 0 N–H and O–H groups in total. The van der Waals surface area contributed by atoms with E-state index in [2.05, 4.69) is 27.8 Å². The molecule has 3 aromatic rings. The van der Waals surface area contributed by atoms with E-state index in [1.54, 1.807) is 19.4 Å². The number of fused-ring (bicyclic) bond motifs is 1. The predicted molar refractivity (Wildman–Crippen MR) is 121 cm³/mol. The summed E-state index contributed by atoms with van der Waals surface area (Å²) >= 11 is 3.38. The molecule has 3 rings (SSSR count). The van der Waals surface area contributed by atoms with Crippen LogP contribution in [0.25, 0.3) is 17.8 Å². The molecule has 152 valence electrons. The summed E-state index contributed by atoms with van der Waals surface area (Å²) in [4.78, 5) is 17.1. The molecule has 0 spiro atoms. The summed E-state index contributed by atoms with van der Waals surface area (Å²) in [5, 5.41) is 0. The van der Waals surface area contributed by atoms with Crippen LogP contribution in [0.15, 0.2) is 51.9 Å². The Morgan fingerprint density at radius 1 is 1.10 bits per heavy atom. The van der Waals surface area contributed by atoms with E-state index in [-0.39, 0.29) is 5.56 Å². The summed E-state index contributed by atoms with van der Waals surface area (Å²) in [6.45, 7) is 2.83. The summed E-state index contributed by atoms with van der Waals surface area (Å²) in [5.41, 5.74) is 1.89. The number of ether oxygens (including phenoxy) is 2. The fraction of sp³-hybridized carbons (Fsp3) is 0.304. The van der Waals surface area contributed by atoms with Crippen LogP contribution in [0.4, 0.5) is 0 Å². The normalized spacial score (nSPS) is 11.3. The minimum absolute atomic E-state index is 0.145. The molecule has 0 bridgehead atoms. The van der Waals surface area contributed by atoms with Gasteiger partial charge in [0.2, 0.25) is 0 Å². The Morgan fingerprint density at radius 2 is 1.97 bits per heavy atom. The van der Waals surface area contributed by atoms with Gasteiger partial charge in [0.15, 0.2) is 11.5 Å². The highest BCUT2D eigenvalue weighted by molar-refractivity contribution is 9.10. The third-order valence-corrected chi connectivity index (χ3v) is 5.34. The number of halogens is 1. The zero-order valence-corrected chi connectivity index (χ0v) is 18.3. The Kier molecular flexibility index (Phi) is 7.47. The molecule has 0 aliphatic carbocycles. The first kappa shape index (κ1) is 21.1. The highest BCUT2D eigenvalue weighted by Crippen LogP contribution is 2.32.